The van der Waals surface area contributed by atoms with Crippen LogP contribution in [0.1, 0.15) is 24.9 Å². The molecule has 0 bridgehead atoms. The van der Waals surface area contributed by atoms with Crippen LogP contribution < -0.4 is 10.9 Å². The minimum absolute atomic E-state index is 0.132. The molecule has 0 radical (unpaired) electrons. The molecule has 4 aromatic rings. The number of rotatable bonds is 5. The van der Waals surface area contributed by atoms with Gasteiger partial charge in [0.25, 0.3) is 5.56 Å². The number of fused-ring (bicyclic) bond motifs is 3. The first-order chi connectivity index (χ1) is 13.6. The number of aryl methyl sites for hydroxylation is 1. The minimum Gasteiger partial charge on any atom is -0.350 e. The van der Waals surface area contributed by atoms with Gasteiger partial charge in [0.05, 0.1) is 11.7 Å². The second-order valence-corrected chi connectivity index (χ2v) is 6.73. The van der Waals surface area contributed by atoms with Crippen LogP contribution in [0.3, 0.4) is 0 Å². The molecule has 0 fully saturated rings. The summed E-state index contributed by atoms with van der Waals surface area (Å²) in [6, 6.07) is 11.0. The second kappa shape index (κ2) is 7.26. The molecule has 1 amide bonds. The number of nitrogens with zero attached hydrogens (tertiary/aromatic N) is 4. The molecule has 28 heavy (non-hydrogen) atoms. The molecule has 142 valence electrons. The summed E-state index contributed by atoms with van der Waals surface area (Å²) < 4.78 is 3.16. The van der Waals surface area contributed by atoms with E-state index in [0.717, 1.165) is 21.9 Å². The Morgan fingerprint density at radius 3 is 2.71 bits per heavy atom. The molecule has 0 aliphatic carbocycles. The van der Waals surface area contributed by atoms with E-state index in [-0.39, 0.29) is 11.5 Å². The molecule has 1 aromatic carbocycles. The van der Waals surface area contributed by atoms with Crippen molar-refractivity contribution in [3.8, 4) is 0 Å². The maximum absolute atomic E-state index is 13.1. The quantitative estimate of drug-likeness (QED) is 0.581. The van der Waals surface area contributed by atoms with Gasteiger partial charge in [0.2, 0.25) is 5.91 Å². The highest BCUT2D eigenvalue weighted by Gasteiger charge is 2.25. The third-order valence-electron chi connectivity index (χ3n) is 5.00. The molecule has 3 aromatic heterocycles. The van der Waals surface area contributed by atoms with Crippen LogP contribution in [0.25, 0.3) is 21.8 Å². The van der Waals surface area contributed by atoms with Crippen molar-refractivity contribution >= 4 is 27.7 Å². The fourth-order valence-corrected chi connectivity index (χ4v) is 3.61. The van der Waals surface area contributed by atoms with Crippen molar-refractivity contribution < 1.29 is 4.79 Å². The number of nitrogens with one attached hydrogen (secondary N) is 1. The lowest BCUT2D eigenvalue weighted by atomic mass is 10.2. The van der Waals surface area contributed by atoms with Gasteiger partial charge in [0.15, 0.2) is 0 Å². The van der Waals surface area contributed by atoms with Crippen LogP contribution in [0.4, 0.5) is 0 Å². The van der Waals surface area contributed by atoms with Gasteiger partial charge in [0, 0.05) is 36.8 Å². The van der Waals surface area contributed by atoms with E-state index >= 15 is 0 Å². The van der Waals surface area contributed by atoms with Crippen molar-refractivity contribution in [1.29, 1.82) is 0 Å². The van der Waals surface area contributed by atoms with E-state index in [2.05, 4.69) is 15.4 Å². The highest BCUT2D eigenvalue weighted by atomic mass is 16.2. The van der Waals surface area contributed by atoms with Crippen molar-refractivity contribution in [3.05, 3.63) is 70.9 Å². The van der Waals surface area contributed by atoms with E-state index in [9.17, 15) is 9.59 Å². The standard InChI is InChI=1S/C21H21N5O2/c1-3-17(20(27)23-12-14-7-6-10-22-11-14)26-18-9-5-4-8-15(18)16-13-24-25(2)21(28)19(16)26/h4-11,13,17H,3,12H2,1-2H3,(H,23,27)/t17-/m1/s1. The van der Waals surface area contributed by atoms with Gasteiger partial charge in [-0.3, -0.25) is 14.6 Å². The van der Waals surface area contributed by atoms with Crippen LogP contribution in [0.5, 0.6) is 0 Å². The number of benzene rings is 1. The highest BCUT2D eigenvalue weighted by molar-refractivity contribution is 6.08. The average molecular weight is 375 g/mol. The Morgan fingerprint density at radius 1 is 1.14 bits per heavy atom. The van der Waals surface area contributed by atoms with Gasteiger partial charge in [-0.25, -0.2) is 4.68 Å². The number of para-hydroxylation sites is 1. The molecule has 7 heteroatoms. The smallest absolute Gasteiger partial charge is 0.291 e. The van der Waals surface area contributed by atoms with Gasteiger partial charge in [0.1, 0.15) is 11.6 Å². The van der Waals surface area contributed by atoms with Crippen molar-refractivity contribution in [1.82, 2.24) is 24.6 Å². The predicted molar refractivity (Wildman–Crippen MR) is 108 cm³/mol. The number of hydrogen-bond donors (Lipinski definition) is 1. The molecule has 0 saturated heterocycles. The highest BCUT2D eigenvalue weighted by Crippen LogP contribution is 2.30. The van der Waals surface area contributed by atoms with Gasteiger partial charge in [-0.05, 0) is 24.1 Å². The first kappa shape index (κ1) is 17.9. The van der Waals surface area contributed by atoms with E-state index in [0.29, 0.717) is 18.5 Å². The van der Waals surface area contributed by atoms with Crippen LogP contribution in [0, 0.1) is 0 Å². The van der Waals surface area contributed by atoms with Crippen LogP contribution >= 0.6 is 0 Å². The number of carbonyl (C=O) groups excluding carboxylic acids is 1. The van der Waals surface area contributed by atoms with Crippen LogP contribution in [0.2, 0.25) is 0 Å². The third kappa shape index (κ3) is 2.94. The zero-order valence-corrected chi connectivity index (χ0v) is 15.8. The maximum atomic E-state index is 13.1. The van der Waals surface area contributed by atoms with E-state index in [4.69, 9.17) is 0 Å². The molecular weight excluding hydrogens is 354 g/mol. The molecule has 0 saturated carbocycles. The Kier molecular flexibility index (Phi) is 4.65. The summed E-state index contributed by atoms with van der Waals surface area (Å²) in [5.74, 6) is -0.132. The lowest BCUT2D eigenvalue weighted by molar-refractivity contribution is -0.124. The average Bonchev–Trinajstić information content (AvgIpc) is 3.06. The molecule has 0 aliphatic heterocycles. The van der Waals surface area contributed by atoms with Gasteiger partial charge in [-0.15, -0.1) is 0 Å². The molecular formula is C21H21N5O2. The monoisotopic (exact) mass is 375 g/mol. The SMILES string of the molecule is CC[C@H](C(=O)NCc1cccnc1)n1c2ccccc2c2cnn(C)c(=O)c21. The Labute approximate surface area is 161 Å². The first-order valence-electron chi connectivity index (χ1n) is 9.23. The Balaban J connectivity index is 1.82. The predicted octanol–water partition coefficient (Wildman–Crippen LogP) is 2.55. The van der Waals surface area contributed by atoms with E-state index < -0.39 is 6.04 Å². The largest absolute Gasteiger partial charge is 0.350 e. The Bertz CT molecular complexity index is 1210. The number of amides is 1. The summed E-state index contributed by atoms with van der Waals surface area (Å²) in [4.78, 5) is 30.0. The fraction of sp³-hybridized carbons (Fsp3) is 0.238. The van der Waals surface area contributed by atoms with Crippen molar-refractivity contribution in [2.75, 3.05) is 0 Å². The van der Waals surface area contributed by atoms with Crippen LogP contribution in [-0.4, -0.2) is 25.2 Å². The normalized spacial score (nSPS) is 12.4. The number of carbonyl (C=O) groups is 1. The summed E-state index contributed by atoms with van der Waals surface area (Å²) >= 11 is 0. The number of hydrogen-bond acceptors (Lipinski definition) is 4. The molecule has 1 N–H and O–H groups in total. The third-order valence-corrected chi connectivity index (χ3v) is 5.00. The number of pyridine rings is 1. The Morgan fingerprint density at radius 2 is 1.96 bits per heavy atom. The van der Waals surface area contributed by atoms with E-state index in [1.807, 2.05) is 47.9 Å². The van der Waals surface area contributed by atoms with Gasteiger partial charge in [-0.2, -0.15) is 5.10 Å². The van der Waals surface area contributed by atoms with Gasteiger partial charge in [-0.1, -0.05) is 31.2 Å². The molecule has 1 atom stereocenters. The maximum Gasteiger partial charge on any atom is 0.291 e. The second-order valence-electron chi connectivity index (χ2n) is 6.73. The zero-order valence-electron chi connectivity index (χ0n) is 15.8. The van der Waals surface area contributed by atoms with Crippen molar-refractivity contribution in [2.24, 2.45) is 7.05 Å². The summed E-state index contributed by atoms with van der Waals surface area (Å²) in [5, 5.41) is 8.82. The molecule has 0 unspecified atom stereocenters. The van der Waals surface area contributed by atoms with Crippen molar-refractivity contribution in [2.45, 2.75) is 25.9 Å². The summed E-state index contributed by atoms with van der Waals surface area (Å²) in [6.07, 6.45) is 5.67. The first-order valence-corrected chi connectivity index (χ1v) is 9.23. The van der Waals surface area contributed by atoms with Crippen molar-refractivity contribution in [3.63, 3.8) is 0 Å². The topological polar surface area (TPSA) is 81.8 Å². The van der Waals surface area contributed by atoms with Crippen LogP contribution in [0.15, 0.2) is 59.8 Å². The number of aromatic nitrogens is 4. The van der Waals surface area contributed by atoms with Gasteiger partial charge >= 0.3 is 0 Å². The fourth-order valence-electron chi connectivity index (χ4n) is 3.61. The lowest BCUT2D eigenvalue weighted by Gasteiger charge is -2.19. The summed E-state index contributed by atoms with van der Waals surface area (Å²) in [6.45, 7) is 2.33. The molecule has 7 nitrogen and oxygen atoms in total. The lowest BCUT2D eigenvalue weighted by Crippen LogP contribution is -2.33. The van der Waals surface area contributed by atoms with Gasteiger partial charge < -0.3 is 9.88 Å². The molecule has 4 rings (SSSR count). The summed E-state index contributed by atoms with van der Waals surface area (Å²) in [7, 11) is 1.62. The minimum atomic E-state index is -0.505. The molecule has 3 heterocycles. The van der Waals surface area contributed by atoms with E-state index in [1.165, 1.54) is 4.68 Å². The van der Waals surface area contributed by atoms with E-state index in [1.54, 1.807) is 25.6 Å². The zero-order chi connectivity index (χ0) is 19.7. The molecule has 0 aliphatic rings. The molecule has 0 spiro atoms. The Hall–Kier alpha value is -3.48. The van der Waals surface area contributed by atoms with Crippen LogP contribution in [-0.2, 0) is 18.4 Å². The summed E-state index contributed by atoms with van der Waals surface area (Å²) in [5.41, 5.74) is 2.06.